The van der Waals surface area contributed by atoms with Gasteiger partial charge >= 0.3 is 18.4 Å². The standard InChI is InChI=1S/C22H20F7N5O3/c1-30-9-15(35)10-34-11-18(31-32-34)16-7-12(21(24,25)26)8-17(22(27,28)29)19(16)37-20(36)33(2)14-5-3-13(23)4-6-14/h3-8,11,15,30,35H,9-10H2,1-2H3/i2D3. The van der Waals surface area contributed by atoms with E-state index in [0.717, 1.165) is 35.1 Å². The Hall–Kier alpha value is -3.72. The van der Waals surface area contributed by atoms with Gasteiger partial charge in [-0.25, -0.2) is 13.9 Å². The molecule has 0 radical (unpaired) electrons. The number of hydrogen-bond acceptors (Lipinski definition) is 6. The number of nitrogens with one attached hydrogen (secondary N) is 1. The van der Waals surface area contributed by atoms with Crippen LogP contribution >= 0.6 is 0 Å². The Kier molecular flexibility index (Phi) is 6.86. The Labute approximate surface area is 209 Å². The lowest BCUT2D eigenvalue weighted by atomic mass is 10.0. The van der Waals surface area contributed by atoms with Crippen molar-refractivity contribution in [2.75, 3.05) is 25.5 Å². The lowest BCUT2D eigenvalue weighted by Crippen LogP contribution is -2.30. The van der Waals surface area contributed by atoms with Crippen molar-refractivity contribution in [2.45, 2.75) is 25.0 Å². The summed E-state index contributed by atoms with van der Waals surface area (Å²) < 4.78 is 125. The van der Waals surface area contributed by atoms with Crippen molar-refractivity contribution >= 4 is 11.8 Å². The van der Waals surface area contributed by atoms with E-state index in [0.29, 0.717) is 0 Å². The first-order valence-corrected chi connectivity index (χ1v) is 10.2. The number of rotatable bonds is 7. The van der Waals surface area contributed by atoms with Gasteiger partial charge in [0.25, 0.3) is 0 Å². The van der Waals surface area contributed by atoms with E-state index >= 15 is 0 Å². The van der Waals surface area contributed by atoms with Gasteiger partial charge in [-0.15, -0.1) is 5.10 Å². The predicted octanol–water partition coefficient (Wildman–Crippen LogP) is 4.34. The average molecular weight is 538 g/mol. The number of ether oxygens (including phenoxy) is 1. The van der Waals surface area contributed by atoms with Crippen molar-refractivity contribution in [3.63, 3.8) is 0 Å². The van der Waals surface area contributed by atoms with Crippen LogP contribution in [0.15, 0.2) is 42.6 Å². The van der Waals surface area contributed by atoms with Gasteiger partial charge in [-0.1, -0.05) is 5.21 Å². The van der Waals surface area contributed by atoms with Crippen LogP contribution < -0.4 is 15.0 Å². The lowest BCUT2D eigenvalue weighted by molar-refractivity contribution is -0.143. The number of anilines is 1. The first-order chi connectivity index (χ1) is 18.4. The van der Waals surface area contributed by atoms with Crippen molar-refractivity contribution in [2.24, 2.45) is 0 Å². The molecule has 0 saturated carbocycles. The van der Waals surface area contributed by atoms with E-state index in [4.69, 9.17) is 8.85 Å². The fourth-order valence-corrected chi connectivity index (χ4v) is 3.16. The molecule has 1 aromatic heterocycles. The minimum atomic E-state index is -5.52. The predicted molar refractivity (Wildman–Crippen MR) is 116 cm³/mol. The summed E-state index contributed by atoms with van der Waals surface area (Å²) in [5.74, 6) is -2.31. The molecule has 0 aliphatic carbocycles. The SMILES string of the molecule is [2H]C([2H])([2H])N(C(=O)Oc1c(-c2cn(CC(O)CNC)nn2)cc(C(F)(F)F)cc1C(F)(F)F)c1ccc(F)cc1. The van der Waals surface area contributed by atoms with Gasteiger partial charge in [0.2, 0.25) is 0 Å². The molecule has 0 aliphatic heterocycles. The zero-order valence-electron chi connectivity index (χ0n) is 21.7. The fourth-order valence-electron chi connectivity index (χ4n) is 3.16. The van der Waals surface area contributed by atoms with Gasteiger partial charge in [0.15, 0.2) is 5.75 Å². The number of amides is 1. The van der Waals surface area contributed by atoms with Crippen LogP contribution in [0.1, 0.15) is 15.2 Å². The third kappa shape index (κ3) is 6.74. The molecular weight excluding hydrogens is 515 g/mol. The quantitative estimate of drug-likeness (QED) is 0.435. The van der Waals surface area contributed by atoms with Crippen LogP contribution in [0.5, 0.6) is 5.75 Å². The Morgan fingerprint density at radius 2 is 1.86 bits per heavy atom. The molecule has 3 rings (SSSR count). The van der Waals surface area contributed by atoms with Crippen LogP contribution in [0.25, 0.3) is 11.3 Å². The molecule has 3 aromatic rings. The third-order valence-electron chi connectivity index (χ3n) is 4.83. The highest BCUT2D eigenvalue weighted by Gasteiger charge is 2.42. The van der Waals surface area contributed by atoms with E-state index in [1.54, 1.807) is 0 Å². The second kappa shape index (κ2) is 10.7. The molecule has 1 amide bonds. The number of aliphatic hydroxyl groups excluding tert-OH is 1. The molecular formula is C22H20F7N5O3. The number of halogens is 7. The zero-order valence-corrected chi connectivity index (χ0v) is 18.7. The fraction of sp³-hybridized carbons (Fsp3) is 0.318. The molecule has 15 heteroatoms. The van der Waals surface area contributed by atoms with Crippen molar-refractivity contribution in [3.05, 3.63) is 59.5 Å². The molecule has 2 aromatic carbocycles. The number of benzene rings is 2. The molecule has 0 saturated heterocycles. The third-order valence-corrected chi connectivity index (χ3v) is 4.83. The number of alkyl halides is 6. The number of nitrogens with zero attached hydrogens (tertiary/aromatic N) is 4. The van der Waals surface area contributed by atoms with Crippen LogP contribution in [0.2, 0.25) is 0 Å². The molecule has 200 valence electrons. The highest BCUT2D eigenvalue weighted by molar-refractivity contribution is 5.90. The molecule has 0 spiro atoms. The zero-order chi connectivity index (χ0) is 30.0. The van der Waals surface area contributed by atoms with Crippen LogP contribution in [0.3, 0.4) is 0 Å². The number of carbonyl (C=O) groups is 1. The molecule has 8 nitrogen and oxygen atoms in total. The first-order valence-electron chi connectivity index (χ1n) is 11.7. The van der Waals surface area contributed by atoms with Crippen LogP contribution in [-0.4, -0.2) is 52.9 Å². The lowest BCUT2D eigenvalue weighted by Gasteiger charge is -2.22. The summed E-state index contributed by atoms with van der Waals surface area (Å²) in [6.45, 7) is -3.56. The van der Waals surface area contributed by atoms with Gasteiger partial charge in [0.1, 0.15) is 11.5 Å². The van der Waals surface area contributed by atoms with Crippen LogP contribution in [-0.2, 0) is 18.9 Å². The number of carbonyl (C=O) groups excluding carboxylic acids is 1. The van der Waals surface area contributed by atoms with Gasteiger partial charge in [-0.3, -0.25) is 4.90 Å². The first kappa shape index (κ1) is 23.7. The molecule has 1 atom stereocenters. The minimum Gasteiger partial charge on any atom is -0.409 e. The maximum absolute atomic E-state index is 14.0. The summed E-state index contributed by atoms with van der Waals surface area (Å²) in [6, 6.07) is 3.14. The largest absolute Gasteiger partial charge is 0.420 e. The Morgan fingerprint density at radius 1 is 1.19 bits per heavy atom. The minimum absolute atomic E-state index is 0.0637. The normalized spacial score (nSPS) is 14.5. The summed E-state index contributed by atoms with van der Waals surface area (Å²) in [5.41, 5.74) is -5.93. The van der Waals surface area contributed by atoms with E-state index in [1.165, 1.54) is 7.05 Å². The molecule has 37 heavy (non-hydrogen) atoms. The van der Waals surface area contributed by atoms with E-state index in [9.17, 15) is 40.6 Å². The summed E-state index contributed by atoms with van der Waals surface area (Å²) in [5, 5.41) is 19.7. The number of aromatic nitrogens is 3. The van der Waals surface area contributed by atoms with Crippen molar-refractivity contribution in [1.82, 2.24) is 20.3 Å². The highest BCUT2D eigenvalue weighted by atomic mass is 19.4. The molecule has 0 fully saturated rings. The van der Waals surface area contributed by atoms with Gasteiger partial charge in [0, 0.05) is 28.9 Å². The monoisotopic (exact) mass is 538 g/mol. The number of hydrogen-bond donors (Lipinski definition) is 2. The number of aliphatic hydroxyl groups is 1. The second-order valence-electron chi connectivity index (χ2n) is 7.61. The van der Waals surface area contributed by atoms with E-state index < -0.39 is 71.2 Å². The van der Waals surface area contributed by atoms with Crippen molar-refractivity contribution in [1.29, 1.82) is 0 Å². The van der Waals surface area contributed by atoms with Crippen LogP contribution in [0.4, 0.5) is 41.2 Å². The summed E-state index contributed by atoms with van der Waals surface area (Å²) >= 11 is 0. The molecule has 0 bridgehead atoms. The summed E-state index contributed by atoms with van der Waals surface area (Å²) in [6.07, 6.45) is -12.9. The van der Waals surface area contributed by atoms with Crippen molar-refractivity contribution < 1.29 is 49.5 Å². The van der Waals surface area contributed by atoms with Gasteiger partial charge in [-0.05, 0) is 43.4 Å². The van der Waals surface area contributed by atoms with E-state index in [-0.39, 0.29) is 30.1 Å². The van der Waals surface area contributed by atoms with Gasteiger partial charge < -0.3 is 15.2 Å². The second-order valence-corrected chi connectivity index (χ2v) is 7.61. The summed E-state index contributed by atoms with van der Waals surface area (Å²) in [4.78, 5) is 12.9. The molecule has 0 aliphatic rings. The van der Waals surface area contributed by atoms with Gasteiger partial charge in [-0.2, -0.15) is 26.3 Å². The summed E-state index contributed by atoms with van der Waals surface area (Å²) in [7, 11) is 1.52. The van der Waals surface area contributed by atoms with Gasteiger partial charge in [0.05, 0.1) is 30.0 Å². The highest BCUT2D eigenvalue weighted by Crippen LogP contribution is 2.45. The topological polar surface area (TPSA) is 92.5 Å². The maximum atomic E-state index is 14.0. The van der Waals surface area contributed by atoms with Crippen molar-refractivity contribution in [3.8, 4) is 17.0 Å². The van der Waals surface area contributed by atoms with Crippen LogP contribution in [0, 0.1) is 5.82 Å². The maximum Gasteiger partial charge on any atom is 0.420 e. The number of likely N-dealkylation sites (N-methyl/N-ethyl adjacent to an activating group) is 1. The molecule has 1 heterocycles. The average Bonchev–Trinajstić information content (AvgIpc) is 3.26. The van der Waals surface area contributed by atoms with E-state index in [2.05, 4.69) is 15.6 Å². The Bertz CT molecular complexity index is 1350. The van der Waals surface area contributed by atoms with E-state index in [1.807, 2.05) is 0 Å². The molecule has 1 unspecified atom stereocenters. The molecule has 2 N–H and O–H groups in total. The Morgan fingerprint density at radius 3 is 2.43 bits per heavy atom. The smallest absolute Gasteiger partial charge is 0.409 e. The Balaban J connectivity index is 2.20.